The maximum absolute atomic E-state index is 5.85. The molecule has 1 aliphatic carbocycles. The lowest BCUT2D eigenvalue weighted by Gasteiger charge is -2.20. The van der Waals surface area contributed by atoms with E-state index >= 15 is 0 Å². The van der Waals surface area contributed by atoms with E-state index in [1.54, 1.807) is 5.57 Å². The molecule has 0 radical (unpaired) electrons. The van der Waals surface area contributed by atoms with E-state index in [0.717, 1.165) is 5.92 Å². The Morgan fingerprint density at radius 2 is 2.00 bits per heavy atom. The number of allylic oxidation sites excluding steroid dienone is 2. The molecule has 1 saturated carbocycles. The molecular formula is C12H23N. The minimum atomic E-state index is 0.474. The molecule has 0 aromatic rings. The highest BCUT2D eigenvalue weighted by molar-refractivity contribution is 5.05. The minimum absolute atomic E-state index is 0.474. The fraction of sp³-hybridized carbons (Fsp3) is 0.833. The van der Waals surface area contributed by atoms with Gasteiger partial charge in [0.1, 0.15) is 0 Å². The Morgan fingerprint density at radius 3 is 2.54 bits per heavy atom. The Morgan fingerprint density at radius 1 is 1.38 bits per heavy atom. The largest absolute Gasteiger partial charge is 0.328 e. The molecule has 76 valence electrons. The van der Waals surface area contributed by atoms with Gasteiger partial charge in [-0.1, -0.05) is 25.5 Å². The van der Waals surface area contributed by atoms with Crippen LogP contribution in [0, 0.1) is 5.92 Å². The Labute approximate surface area is 82.4 Å². The third kappa shape index (κ3) is 4.47. The van der Waals surface area contributed by atoms with E-state index in [-0.39, 0.29) is 0 Å². The summed E-state index contributed by atoms with van der Waals surface area (Å²) in [5, 5.41) is 0. The van der Waals surface area contributed by atoms with E-state index in [2.05, 4.69) is 19.9 Å². The molecule has 1 fully saturated rings. The van der Waals surface area contributed by atoms with E-state index in [1.807, 2.05) is 0 Å². The average Bonchev–Trinajstić information content (AvgIpc) is 2.08. The van der Waals surface area contributed by atoms with Crippen LogP contribution in [0.1, 0.15) is 52.4 Å². The number of rotatable bonds is 3. The van der Waals surface area contributed by atoms with Gasteiger partial charge in [-0.2, -0.15) is 0 Å². The zero-order chi connectivity index (χ0) is 9.68. The smallest absolute Gasteiger partial charge is 0.00449 e. The summed E-state index contributed by atoms with van der Waals surface area (Å²) in [6.45, 7) is 4.57. The summed E-state index contributed by atoms with van der Waals surface area (Å²) < 4.78 is 0. The van der Waals surface area contributed by atoms with Crippen LogP contribution in [0.25, 0.3) is 0 Å². The number of hydrogen-bond acceptors (Lipinski definition) is 1. The van der Waals surface area contributed by atoms with Crippen molar-refractivity contribution in [3.63, 3.8) is 0 Å². The first-order valence-corrected chi connectivity index (χ1v) is 5.62. The van der Waals surface area contributed by atoms with Gasteiger partial charge in [-0.3, -0.25) is 0 Å². The van der Waals surface area contributed by atoms with Crippen molar-refractivity contribution in [2.24, 2.45) is 11.7 Å². The molecule has 0 amide bonds. The zero-order valence-electron chi connectivity index (χ0n) is 9.05. The molecule has 0 heterocycles. The Kier molecular flexibility index (Phi) is 4.51. The van der Waals surface area contributed by atoms with Gasteiger partial charge in [-0.15, -0.1) is 0 Å². The highest BCUT2D eigenvalue weighted by atomic mass is 14.6. The fourth-order valence-corrected chi connectivity index (χ4v) is 1.84. The summed E-state index contributed by atoms with van der Waals surface area (Å²) in [6.07, 6.45) is 9.95. The van der Waals surface area contributed by atoms with Gasteiger partial charge >= 0.3 is 0 Å². The lowest BCUT2D eigenvalue weighted by atomic mass is 9.90. The molecule has 0 bridgehead atoms. The van der Waals surface area contributed by atoms with Crippen molar-refractivity contribution in [2.75, 3.05) is 0 Å². The molecule has 0 aliphatic heterocycles. The monoisotopic (exact) mass is 181 g/mol. The number of hydrogen-bond donors (Lipinski definition) is 1. The van der Waals surface area contributed by atoms with E-state index in [1.165, 1.54) is 38.5 Å². The van der Waals surface area contributed by atoms with Crippen molar-refractivity contribution < 1.29 is 0 Å². The van der Waals surface area contributed by atoms with Crippen molar-refractivity contribution >= 4 is 0 Å². The highest BCUT2D eigenvalue weighted by Gasteiger charge is 2.11. The van der Waals surface area contributed by atoms with E-state index in [4.69, 9.17) is 5.73 Å². The second-order valence-electron chi connectivity index (χ2n) is 4.67. The standard InChI is InChI=1S/C12H23N/c1-10(2)4-3-5-11-6-8-12(13)9-7-11/h5,10,12H,3-4,6-9,13H2,1-2H3. The third-order valence-corrected chi connectivity index (χ3v) is 2.85. The lowest BCUT2D eigenvalue weighted by molar-refractivity contribution is 0.507. The maximum atomic E-state index is 5.85. The van der Waals surface area contributed by atoms with Gasteiger partial charge in [0.05, 0.1) is 0 Å². The third-order valence-electron chi connectivity index (χ3n) is 2.85. The normalized spacial score (nSPS) is 23.7. The zero-order valence-corrected chi connectivity index (χ0v) is 9.05. The first kappa shape index (κ1) is 10.8. The van der Waals surface area contributed by atoms with Crippen molar-refractivity contribution in [1.82, 2.24) is 0 Å². The molecule has 0 atom stereocenters. The Balaban J connectivity index is 2.20. The van der Waals surface area contributed by atoms with Crippen LogP contribution >= 0.6 is 0 Å². The average molecular weight is 181 g/mol. The topological polar surface area (TPSA) is 26.0 Å². The maximum Gasteiger partial charge on any atom is 0.00449 e. The minimum Gasteiger partial charge on any atom is -0.328 e. The second-order valence-corrected chi connectivity index (χ2v) is 4.67. The van der Waals surface area contributed by atoms with Crippen LogP contribution < -0.4 is 5.73 Å². The van der Waals surface area contributed by atoms with Crippen molar-refractivity contribution in [3.8, 4) is 0 Å². The fourth-order valence-electron chi connectivity index (χ4n) is 1.84. The molecular weight excluding hydrogens is 158 g/mol. The van der Waals surface area contributed by atoms with Gasteiger partial charge in [0, 0.05) is 6.04 Å². The van der Waals surface area contributed by atoms with Crippen LogP contribution in [0.2, 0.25) is 0 Å². The van der Waals surface area contributed by atoms with Gasteiger partial charge in [0.15, 0.2) is 0 Å². The molecule has 0 saturated heterocycles. The van der Waals surface area contributed by atoms with Gasteiger partial charge in [0.25, 0.3) is 0 Å². The predicted octanol–water partition coefficient (Wildman–Crippen LogP) is 3.25. The Bertz CT molecular complexity index is 160. The lowest BCUT2D eigenvalue weighted by Crippen LogP contribution is -2.23. The predicted molar refractivity (Wildman–Crippen MR) is 58.6 cm³/mol. The number of nitrogens with two attached hydrogens (primary N) is 1. The summed E-state index contributed by atoms with van der Waals surface area (Å²) in [7, 11) is 0. The van der Waals surface area contributed by atoms with E-state index < -0.39 is 0 Å². The van der Waals surface area contributed by atoms with Gasteiger partial charge in [0.2, 0.25) is 0 Å². The van der Waals surface area contributed by atoms with Crippen LogP contribution in [0.5, 0.6) is 0 Å². The molecule has 1 nitrogen and oxygen atoms in total. The molecule has 0 aromatic heterocycles. The molecule has 13 heavy (non-hydrogen) atoms. The van der Waals surface area contributed by atoms with Crippen molar-refractivity contribution in [2.45, 2.75) is 58.4 Å². The van der Waals surface area contributed by atoms with Crippen LogP contribution in [0.15, 0.2) is 11.6 Å². The van der Waals surface area contributed by atoms with Crippen LogP contribution in [0.4, 0.5) is 0 Å². The van der Waals surface area contributed by atoms with Crippen LogP contribution in [-0.4, -0.2) is 6.04 Å². The van der Waals surface area contributed by atoms with E-state index in [9.17, 15) is 0 Å². The molecule has 1 aliphatic rings. The first-order chi connectivity index (χ1) is 6.18. The second kappa shape index (κ2) is 5.43. The van der Waals surface area contributed by atoms with Crippen LogP contribution in [-0.2, 0) is 0 Å². The quantitative estimate of drug-likeness (QED) is 0.664. The Hall–Kier alpha value is -0.300. The summed E-state index contributed by atoms with van der Waals surface area (Å²) >= 11 is 0. The highest BCUT2D eigenvalue weighted by Crippen LogP contribution is 2.23. The summed E-state index contributed by atoms with van der Waals surface area (Å²) in [4.78, 5) is 0. The van der Waals surface area contributed by atoms with Gasteiger partial charge < -0.3 is 5.73 Å². The molecule has 1 rings (SSSR count). The summed E-state index contributed by atoms with van der Waals surface area (Å²) in [5.74, 6) is 0.836. The van der Waals surface area contributed by atoms with Gasteiger partial charge in [-0.25, -0.2) is 0 Å². The van der Waals surface area contributed by atoms with E-state index in [0.29, 0.717) is 6.04 Å². The van der Waals surface area contributed by atoms with Crippen LogP contribution in [0.3, 0.4) is 0 Å². The first-order valence-electron chi connectivity index (χ1n) is 5.62. The van der Waals surface area contributed by atoms with Crippen molar-refractivity contribution in [3.05, 3.63) is 11.6 Å². The van der Waals surface area contributed by atoms with Crippen molar-refractivity contribution in [1.29, 1.82) is 0 Å². The SMILES string of the molecule is CC(C)CCC=C1CCC(N)CC1. The molecule has 0 spiro atoms. The molecule has 0 unspecified atom stereocenters. The molecule has 0 aromatic carbocycles. The summed E-state index contributed by atoms with van der Waals surface area (Å²) in [5.41, 5.74) is 7.50. The summed E-state index contributed by atoms with van der Waals surface area (Å²) in [6, 6.07) is 0.474. The molecule has 2 N–H and O–H groups in total. The molecule has 1 heteroatoms. The van der Waals surface area contributed by atoms with Gasteiger partial charge in [-0.05, 0) is 44.4 Å².